The van der Waals surface area contributed by atoms with Crippen molar-refractivity contribution in [1.29, 1.82) is 0 Å². The number of carbonyl (C=O) groups excluding carboxylic acids is 1. The summed E-state index contributed by atoms with van der Waals surface area (Å²) in [5, 5.41) is 4.44. The van der Waals surface area contributed by atoms with Crippen LogP contribution in [0.5, 0.6) is 5.75 Å². The Hall–Kier alpha value is -3.60. The lowest BCUT2D eigenvalue weighted by Crippen LogP contribution is -2.47. The molecule has 0 unspecified atom stereocenters. The van der Waals surface area contributed by atoms with Gasteiger partial charge in [-0.15, -0.1) is 11.3 Å². The first kappa shape index (κ1) is 28.5. The zero-order chi connectivity index (χ0) is 28.9. The van der Waals surface area contributed by atoms with Gasteiger partial charge in [0, 0.05) is 80.3 Å². The number of aromatic nitrogens is 1. The SMILES string of the molecule is CN1CCN(C(=O)OCn2c(=O)ccc3ccc(OCCCCN4CCN(c5cccc6sccc56)CC4)cc32)CC1. The van der Waals surface area contributed by atoms with E-state index in [4.69, 9.17) is 9.47 Å². The maximum atomic E-state index is 12.7. The van der Waals surface area contributed by atoms with Crippen LogP contribution in [0.4, 0.5) is 10.5 Å². The van der Waals surface area contributed by atoms with Crippen LogP contribution < -0.4 is 15.2 Å². The summed E-state index contributed by atoms with van der Waals surface area (Å²) in [4.78, 5) is 34.2. The maximum absolute atomic E-state index is 12.7. The van der Waals surface area contributed by atoms with E-state index in [0.717, 1.165) is 64.0 Å². The van der Waals surface area contributed by atoms with Gasteiger partial charge in [0.05, 0.1) is 12.1 Å². The normalized spacial score (nSPS) is 16.8. The number of likely N-dealkylation sites (N-methyl/N-ethyl adjacent to an activating group) is 1. The van der Waals surface area contributed by atoms with Crippen LogP contribution in [-0.2, 0) is 11.5 Å². The molecule has 0 bridgehead atoms. The summed E-state index contributed by atoms with van der Waals surface area (Å²) in [7, 11) is 2.04. The quantitative estimate of drug-likeness (QED) is 0.266. The third kappa shape index (κ3) is 6.56. The van der Waals surface area contributed by atoms with Crippen molar-refractivity contribution in [2.75, 3.05) is 77.5 Å². The van der Waals surface area contributed by atoms with E-state index in [1.54, 1.807) is 22.3 Å². The lowest BCUT2D eigenvalue weighted by atomic mass is 10.2. The number of hydrogen-bond acceptors (Lipinski definition) is 8. The smallest absolute Gasteiger partial charge is 0.411 e. The second-order valence-electron chi connectivity index (χ2n) is 11.1. The molecule has 4 heterocycles. The summed E-state index contributed by atoms with van der Waals surface area (Å²) in [6, 6.07) is 17.9. The van der Waals surface area contributed by atoms with E-state index in [-0.39, 0.29) is 18.4 Å². The van der Waals surface area contributed by atoms with E-state index >= 15 is 0 Å². The van der Waals surface area contributed by atoms with Crippen LogP contribution >= 0.6 is 11.3 Å². The number of ether oxygens (including phenoxy) is 2. The molecule has 2 aliphatic rings. The van der Waals surface area contributed by atoms with E-state index in [9.17, 15) is 9.59 Å². The van der Waals surface area contributed by atoms with Crippen LogP contribution in [0.25, 0.3) is 21.0 Å². The molecule has 4 aromatic rings. The fourth-order valence-electron chi connectivity index (χ4n) is 5.78. The maximum Gasteiger partial charge on any atom is 0.411 e. The Bertz CT molecular complexity index is 1570. The van der Waals surface area contributed by atoms with Crippen molar-refractivity contribution in [3.8, 4) is 5.75 Å². The molecule has 0 spiro atoms. The molecule has 0 N–H and O–H groups in total. The zero-order valence-electron chi connectivity index (χ0n) is 24.2. The molecular formula is C32H39N5O4S. The van der Waals surface area contributed by atoms with Crippen LogP contribution in [0.3, 0.4) is 0 Å². The van der Waals surface area contributed by atoms with Crippen molar-refractivity contribution >= 4 is 44.1 Å². The average molecular weight is 590 g/mol. The van der Waals surface area contributed by atoms with Gasteiger partial charge in [-0.3, -0.25) is 14.3 Å². The highest BCUT2D eigenvalue weighted by molar-refractivity contribution is 7.17. The van der Waals surface area contributed by atoms with Gasteiger partial charge >= 0.3 is 6.09 Å². The second kappa shape index (κ2) is 13.1. The number of nitrogens with zero attached hydrogens (tertiary/aromatic N) is 5. The predicted molar refractivity (Wildman–Crippen MR) is 169 cm³/mol. The number of thiophene rings is 1. The first-order valence-corrected chi connectivity index (χ1v) is 15.7. The molecular weight excluding hydrogens is 550 g/mol. The molecule has 2 aromatic carbocycles. The number of amides is 1. The van der Waals surface area contributed by atoms with Gasteiger partial charge in [-0.05, 0) is 73.6 Å². The Kier molecular flexibility index (Phi) is 8.92. The fraction of sp³-hybridized carbons (Fsp3) is 0.438. The van der Waals surface area contributed by atoms with Crippen LogP contribution in [-0.4, -0.2) is 97.9 Å². The molecule has 0 aliphatic carbocycles. The summed E-state index contributed by atoms with van der Waals surface area (Å²) in [5.41, 5.74) is 1.84. The molecule has 6 rings (SSSR count). The van der Waals surface area contributed by atoms with Crippen LogP contribution in [0, 0.1) is 0 Å². The minimum Gasteiger partial charge on any atom is -0.494 e. The van der Waals surface area contributed by atoms with E-state index < -0.39 is 0 Å². The number of piperazine rings is 2. The standard InChI is InChI=1S/C32H39N5O4S/c1-33-13-17-36(18-14-33)32(39)41-24-37-29-23-26(9-7-25(29)8-10-31(37)38)40-21-3-2-12-34-15-19-35(20-16-34)28-5-4-6-30-27(28)11-22-42-30/h4-11,22-23H,2-3,12-21,24H2,1H3. The molecule has 2 saturated heterocycles. The van der Waals surface area contributed by atoms with Crippen LogP contribution in [0.2, 0.25) is 0 Å². The van der Waals surface area contributed by atoms with Gasteiger partial charge in [-0.2, -0.15) is 0 Å². The fourth-order valence-corrected chi connectivity index (χ4v) is 6.59. The Balaban J connectivity index is 0.966. The van der Waals surface area contributed by atoms with Crippen molar-refractivity contribution in [3.05, 3.63) is 70.3 Å². The van der Waals surface area contributed by atoms with E-state index in [0.29, 0.717) is 31.0 Å². The van der Waals surface area contributed by atoms with Crippen molar-refractivity contribution in [1.82, 2.24) is 19.3 Å². The van der Waals surface area contributed by atoms with Crippen LogP contribution in [0.1, 0.15) is 12.8 Å². The molecule has 42 heavy (non-hydrogen) atoms. The minimum atomic E-state index is -0.388. The molecule has 2 fully saturated rings. The molecule has 9 nitrogen and oxygen atoms in total. The highest BCUT2D eigenvalue weighted by Crippen LogP contribution is 2.31. The number of benzene rings is 2. The molecule has 2 aliphatic heterocycles. The van der Waals surface area contributed by atoms with Gasteiger partial charge in [0.1, 0.15) is 5.75 Å². The highest BCUT2D eigenvalue weighted by atomic mass is 32.1. The number of fused-ring (bicyclic) bond motifs is 2. The van der Waals surface area contributed by atoms with Crippen LogP contribution in [0.15, 0.2) is 64.8 Å². The van der Waals surface area contributed by atoms with E-state index in [1.165, 1.54) is 26.4 Å². The molecule has 0 radical (unpaired) electrons. The van der Waals surface area contributed by atoms with Gasteiger partial charge in [0.2, 0.25) is 0 Å². The predicted octanol–water partition coefficient (Wildman–Crippen LogP) is 4.54. The highest BCUT2D eigenvalue weighted by Gasteiger charge is 2.21. The van der Waals surface area contributed by atoms with Gasteiger partial charge in [0.15, 0.2) is 6.73 Å². The zero-order valence-corrected chi connectivity index (χ0v) is 25.1. The largest absolute Gasteiger partial charge is 0.494 e. The van der Waals surface area contributed by atoms with E-state index in [1.807, 2.05) is 25.2 Å². The second-order valence-corrected chi connectivity index (χ2v) is 12.1. The summed E-state index contributed by atoms with van der Waals surface area (Å²) in [6.45, 7) is 8.68. The number of hydrogen-bond donors (Lipinski definition) is 0. The summed E-state index contributed by atoms with van der Waals surface area (Å²) in [6.07, 6.45) is 1.64. The van der Waals surface area contributed by atoms with Crippen molar-refractivity contribution in [2.24, 2.45) is 0 Å². The molecule has 222 valence electrons. The molecule has 2 aromatic heterocycles. The molecule has 10 heteroatoms. The number of carbonyl (C=O) groups is 1. The van der Waals surface area contributed by atoms with Gasteiger partial charge in [-0.1, -0.05) is 6.07 Å². The summed E-state index contributed by atoms with van der Waals surface area (Å²) in [5.74, 6) is 0.712. The van der Waals surface area contributed by atoms with Gasteiger partial charge in [0.25, 0.3) is 5.56 Å². The van der Waals surface area contributed by atoms with Crippen molar-refractivity contribution in [3.63, 3.8) is 0 Å². The molecule has 1 amide bonds. The topological polar surface area (TPSA) is 70.5 Å². The number of unbranched alkanes of at least 4 members (excludes halogenated alkanes) is 1. The minimum absolute atomic E-state index is 0.125. The lowest BCUT2D eigenvalue weighted by molar-refractivity contribution is 0.0606. The van der Waals surface area contributed by atoms with E-state index in [2.05, 4.69) is 44.3 Å². The molecule has 0 saturated carbocycles. The third-order valence-corrected chi connectivity index (χ3v) is 9.25. The number of anilines is 1. The summed E-state index contributed by atoms with van der Waals surface area (Å²) >= 11 is 1.81. The Morgan fingerprint density at radius 1 is 0.905 bits per heavy atom. The summed E-state index contributed by atoms with van der Waals surface area (Å²) < 4.78 is 14.5. The third-order valence-electron chi connectivity index (χ3n) is 8.37. The number of rotatable bonds is 9. The van der Waals surface area contributed by atoms with Crippen molar-refractivity contribution < 1.29 is 14.3 Å². The first-order valence-electron chi connectivity index (χ1n) is 14.9. The van der Waals surface area contributed by atoms with Crippen molar-refractivity contribution in [2.45, 2.75) is 19.6 Å². The Morgan fingerprint density at radius 2 is 1.71 bits per heavy atom. The molecule has 0 atom stereocenters. The van der Waals surface area contributed by atoms with Gasteiger partial charge in [-0.25, -0.2) is 4.79 Å². The number of pyridine rings is 1. The van der Waals surface area contributed by atoms with Gasteiger partial charge < -0.3 is 24.2 Å². The average Bonchev–Trinajstić information content (AvgIpc) is 3.50. The Labute approximate surface area is 250 Å². The first-order chi connectivity index (χ1) is 20.5. The monoisotopic (exact) mass is 589 g/mol. The Morgan fingerprint density at radius 3 is 2.55 bits per heavy atom. The lowest BCUT2D eigenvalue weighted by Gasteiger charge is -2.36.